The van der Waals surface area contributed by atoms with Crippen molar-refractivity contribution in [1.82, 2.24) is 14.5 Å². The summed E-state index contributed by atoms with van der Waals surface area (Å²) in [6, 6.07) is 1.37. The predicted molar refractivity (Wildman–Crippen MR) is 120 cm³/mol. The summed E-state index contributed by atoms with van der Waals surface area (Å²) < 4.78 is 85.3. The molecular weight excluding hydrogens is 546 g/mol. The largest absolute Gasteiger partial charge is 0.481 e. The number of halogens is 4. The van der Waals surface area contributed by atoms with E-state index in [2.05, 4.69) is 10.1 Å². The van der Waals surface area contributed by atoms with Gasteiger partial charge in [0, 0.05) is 32.2 Å². The van der Waals surface area contributed by atoms with Crippen LogP contribution in [-0.2, 0) is 24.4 Å². The highest BCUT2D eigenvalue weighted by atomic mass is 32.2. The minimum absolute atomic E-state index is 0.0514. The standard InChI is InChI=1S/C21H21F4N3O7S2/c22-12-8-13(23)20(25)21(19(12)24)35-11-15(29)14(9-17(31)32)26-16(30)10-27-3-5-28(6-4-27)37(33,34)18-2-1-7-36-18/h1-2,7-8,14H,3-6,9-11H2,(H,26,30)(H,31,32). The molecule has 1 amide bonds. The Labute approximate surface area is 212 Å². The van der Waals surface area contributed by atoms with E-state index in [1.807, 2.05) is 0 Å². The molecule has 2 aromatic rings. The summed E-state index contributed by atoms with van der Waals surface area (Å²) in [6.45, 7) is -0.922. The number of hydrogen-bond acceptors (Lipinski definition) is 8. The number of nitrogens with one attached hydrogen (secondary N) is 1. The second-order valence-electron chi connectivity index (χ2n) is 7.88. The van der Waals surface area contributed by atoms with Gasteiger partial charge in [0.15, 0.2) is 23.2 Å². The number of amides is 1. The van der Waals surface area contributed by atoms with Crippen LogP contribution >= 0.6 is 11.3 Å². The van der Waals surface area contributed by atoms with Crippen LogP contribution in [0, 0.1) is 23.3 Å². The Hall–Kier alpha value is -3.08. The van der Waals surface area contributed by atoms with Gasteiger partial charge in [-0.25, -0.2) is 17.2 Å². The van der Waals surface area contributed by atoms with Gasteiger partial charge in [0.05, 0.1) is 13.0 Å². The summed E-state index contributed by atoms with van der Waals surface area (Å²) in [6.07, 6.45) is -0.900. The van der Waals surface area contributed by atoms with E-state index in [0.717, 1.165) is 11.3 Å². The first kappa shape index (κ1) is 28.5. The maximum absolute atomic E-state index is 13.7. The average Bonchev–Trinajstić information content (AvgIpc) is 3.38. The monoisotopic (exact) mass is 567 g/mol. The van der Waals surface area contributed by atoms with Crippen LogP contribution in [-0.4, -0.2) is 85.8 Å². The van der Waals surface area contributed by atoms with Crippen molar-refractivity contribution in [3.63, 3.8) is 0 Å². The van der Waals surface area contributed by atoms with Crippen molar-refractivity contribution in [2.45, 2.75) is 16.7 Å². The van der Waals surface area contributed by atoms with Crippen molar-refractivity contribution in [2.75, 3.05) is 39.3 Å². The summed E-state index contributed by atoms with van der Waals surface area (Å²) in [4.78, 5) is 37.6. The fourth-order valence-electron chi connectivity index (χ4n) is 3.45. The lowest BCUT2D eigenvalue weighted by molar-refractivity contribution is -0.140. The third kappa shape index (κ3) is 7.03. The zero-order chi connectivity index (χ0) is 27.3. The number of ether oxygens (including phenoxy) is 1. The Morgan fingerprint density at radius 1 is 1.08 bits per heavy atom. The topological polar surface area (TPSA) is 133 Å². The van der Waals surface area contributed by atoms with Gasteiger partial charge in [-0.15, -0.1) is 11.3 Å². The number of carbonyl (C=O) groups is 3. The first-order chi connectivity index (χ1) is 17.4. The molecule has 1 aliphatic heterocycles. The van der Waals surface area contributed by atoms with E-state index in [1.54, 1.807) is 16.3 Å². The highest BCUT2D eigenvalue weighted by Crippen LogP contribution is 2.26. The second kappa shape index (κ2) is 12.0. The van der Waals surface area contributed by atoms with Crippen molar-refractivity contribution >= 4 is 39.0 Å². The number of carboxylic acids is 1. The van der Waals surface area contributed by atoms with Gasteiger partial charge in [-0.05, 0) is 11.4 Å². The number of rotatable bonds is 11. The number of ketones is 1. The van der Waals surface area contributed by atoms with Gasteiger partial charge in [0.25, 0.3) is 10.0 Å². The molecule has 2 N–H and O–H groups in total. The highest BCUT2D eigenvalue weighted by molar-refractivity contribution is 7.91. The molecule has 0 aliphatic carbocycles. The van der Waals surface area contributed by atoms with Gasteiger partial charge in [-0.2, -0.15) is 13.1 Å². The van der Waals surface area contributed by atoms with E-state index < -0.39 is 75.8 Å². The summed E-state index contributed by atoms with van der Waals surface area (Å²) in [5, 5.41) is 12.9. The van der Waals surface area contributed by atoms with Crippen LogP contribution in [0.5, 0.6) is 5.75 Å². The number of carbonyl (C=O) groups excluding carboxylic acids is 2. The Morgan fingerprint density at radius 2 is 1.70 bits per heavy atom. The summed E-state index contributed by atoms with van der Waals surface area (Å²) >= 11 is 1.08. The summed E-state index contributed by atoms with van der Waals surface area (Å²) in [5.41, 5.74) is 0. The van der Waals surface area contributed by atoms with Gasteiger partial charge in [-0.3, -0.25) is 19.3 Å². The van der Waals surface area contributed by atoms with E-state index in [4.69, 9.17) is 5.11 Å². The van der Waals surface area contributed by atoms with Gasteiger partial charge in [0.2, 0.25) is 17.5 Å². The van der Waals surface area contributed by atoms with E-state index in [9.17, 15) is 40.4 Å². The van der Waals surface area contributed by atoms with E-state index in [0.29, 0.717) is 0 Å². The molecular formula is C21H21F4N3O7S2. The molecule has 1 fully saturated rings. The van der Waals surface area contributed by atoms with Gasteiger partial charge < -0.3 is 15.2 Å². The molecule has 0 spiro atoms. The number of hydrogen-bond donors (Lipinski definition) is 2. The lowest BCUT2D eigenvalue weighted by Gasteiger charge is -2.33. The van der Waals surface area contributed by atoms with E-state index in [-0.39, 0.29) is 43.0 Å². The van der Waals surface area contributed by atoms with Crippen molar-refractivity contribution in [3.05, 3.63) is 46.8 Å². The molecule has 1 aromatic heterocycles. The number of nitrogens with zero attached hydrogens (tertiary/aromatic N) is 2. The maximum atomic E-state index is 13.7. The quantitative estimate of drug-likeness (QED) is 0.306. The zero-order valence-corrected chi connectivity index (χ0v) is 20.6. The Kier molecular flexibility index (Phi) is 9.22. The molecule has 1 aromatic carbocycles. The molecule has 0 bridgehead atoms. The minimum atomic E-state index is -3.65. The first-order valence-corrected chi connectivity index (χ1v) is 13.0. The van der Waals surface area contributed by atoms with Crippen molar-refractivity contribution in [3.8, 4) is 5.75 Å². The van der Waals surface area contributed by atoms with Crippen molar-refractivity contribution in [2.24, 2.45) is 0 Å². The number of benzene rings is 1. The van der Waals surface area contributed by atoms with Crippen LogP contribution < -0.4 is 10.1 Å². The van der Waals surface area contributed by atoms with Gasteiger partial charge in [-0.1, -0.05) is 6.07 Å². The van der Waals surface area contributed by atoms with Crippen molar-refractivity contribution in [1.29, 1.82) is 0 Å². The third-order valence-electron chi connectivity index (χ3n) is 5.32. The molecule has 202 valence electrons. The number of thiophene rings is 1. The van der Waals surface area contributed by atoms with Crippen LogP contribution in [0.1, 0.15) is 6.42 Å². The minimum Gasteiger partial charge on any atom is -0.481 e. The van der Waals surface area contributed by atoms with Crippen LogP contribution in [0.15, 0.2) is 27.8 Å². The number of carboxylic acid groups (broad SMARTS) is 1. The zero-order valence-electron chi connectivity index (χ0n) is 19.0. The van der Waals surface area contributed by atoms with Crippen LogP contribution in [0.25, 0.3) is 0 Å². The molecule has 1 aliphatic rings. The molecule has 37 heavy (non-hydrogen) atoms. The average molecular weight is 568 g/mol. The molecule has 3 rings (SSSR count). The number of piperazine rings is 1. The molecule has 2 heterocycles. The Bertz CT molecular complexity index is 1240. The van der Waals surface area contributed by atoms with Gasteiger partial charge >= 0.3 is 5.97 Å². The number of sulfonamides is 1. The number of Topliss-reactive ketones (excluding diaryl/α,β-unsaturated/α-hetero) is 1. The Morgan fingerprint density at radius 3 is 2.24 bits per heavy atom. The maximum Gasteiger partial charge on any atom is 0.305 e. The molecule has 0 radical (unpaired) electrons. The molecule has 0 saturated carbocycles. The molecule has 10 nitrogen and oxygen atoms in total. The lowest BCUT2D eigenvalue weighted by atomic mass is 10.1. The Balaban J connectivity index is 1.56. The highest BCUT2D eigenvalue weighted by Gasteiger charge is 2.31. The summed E-state index contributed by atoms with van der Waals surface area (Å²) in [5.74, 6) is -12.2. The molecule has 16 heteroatoms. The van der Waals surface area contributed by atoms with E-state index >= 15 is 0 Å². The summed E-state index contributed by atoms with van der Waals surface area (Å²) in [7, 11) is -3.65. The second-order valence-corrected chi connectivity index (χ2v) is 11.0. The van der Waals surface area contributed by atoms with Crippen molar-refractivity contribution < 1.29 is 50.2 Å². The van der Waals surface area contributed by atoms with Crippen LogP contribution in [0.3, 0.4) is 0 Å². The third-order valence-corrected chi connectivity index (χ3v) is 8.59. The first-order valence-electron chi connectivity index (χ1n) is 10.7. The normalized spacial score (nSPS) is 15.8. The molecule has 1 saturated heterocycles. The van der Waals surface area contributed by atoms with Crippen LogP contribution in [0.4, 0.5) is 17.6 Å². The predicted octanol–water partition coefficient (Wildman–Crippen LogP) is 1.22. The smallest absolute Gasteiger partial charge is 0.305 e. The molecule has 1 unspecified atom stereocenters. The molecule has 1 atom stereocenters. The van der Waals surface area contributed by atoms with Crippen LogP contribution in [0.2, 0.25) is 0 Å². The number of aliphatic carboxylic acids is 1. The lowest BCUT2D eigenvalue weighted by Crippen LogP contribution is -2.53. The SMILES string of the molecule is O=C(O)CC(NC(=O)CN1CCN(S(=O)(=O)c2cccs2)CC1)C(=O)COc1c(F)c(F)cc(F)c1F. The van der Waals surface area contributed by atoms with Gasteiger partial charge in [0.1, 0.15) is 16.9 Å². The fraction of sp³-hybridized carbons (Fsp3) is 0.381. The van der Waals surface area contributed by atoms with E-state index in [1.165, 1.54) is 10.4 Å². The fourth-order valence-corrected chi connectivity index (χ4v) is 6.02.